The van der Waals surface area contributed by atoms with Crippen LogP contribution < -0.4 is 10.6 Å². The van der Waals surface area contributed by atoms with Gasteiger partial charge in [0.1, 0.15) is 0 Å². The first-order chi connectivity index (χ1) is 23.4. The van der Waals surface area contributed by atoms with Gasteiger partial charge in [0.2, 0.25) is 5.91 Å². The van der Waals surface area contributed by atoms with Crippen LogP contribution in [-0.4, -0.2) is 76.5 Å². The van der Waals surface area contributed by atoms with Gasteiger partial charge in [0.05, 0.1) is 18.2 Å². The lowest BCUT2D eigenvalue weighted by Gasteiger charge is -2.47. The first-order valence-electron chi connectivity index (χ1n) is 17.9. The molecule has 2 fully saturated rings. The predicted octanol–water partition coefficient (Wildman–Crippen LogP) is 5.76. The van der Waals surface area contributed by atoms with Gasteiger partial charge in [-0.1, -0.05) is 86.0 Å². The van der Waals surface area contributed by atoms with Gasteiger partial charge < -0.3 is 20.6 Å². The minimum atomic E-state index is -0.934. The summed E-state index contributed by atoms with van der Waals surface area (Å²) in [6, 6.07) is 23.9. The molecule has 5 rings (SSSR count). The number of aliphatic hydroxyl groups is 1. The highest BCUT2D eigenvalue weighted by Gasteiger charge is 2.42. The van der Waals surface area contributed by atoms with Crippen LogP contribution in [0.1, 0.15) is 90.3 Å². The largest absolute Gasteiger partial charge is 0.390 e. The number of benzene rings is 3. The predicted molar refractivity (Wildman–Crippen MR) is 194 cm³/mol. The maximum absolute atomic E-state index is 14.0. The summed E-state index contributed by atoms with van der Waals surface area (Å²) in [6.07, 6.45) is 4.97. The molecule has 0 bridgehead atoms. The van der Waals surface area contributed by atoms with Crippen molar-refractivity contribution in [3.63, 3.8) is 0 Å². The number of fused-ring (bicyclic) bond motifs is 1. The van der Waals surface area contributed by atoms with E-state index in [0.717, 1.165) is 42.5 Å². The average molecular weight is 667 g/mol. The van der Waals surface area contributed by atoms with E-state index in [4.69, 9.17) is 0 Å². The number of nitrogens with one attached hydrogen (secondary N) is 2. The normalized spacial score (nSPS) is 20.8. The summed E-state index contributed by atoms with van der Waals surface area (Å²) in [6.45, 7) is 9.31. The van der Waals surface area contributed by atoms with Crippen LogP contribution in [0.4, 0.5) is 0 Å². The zero-order chi connectivity index (χ0) is 35.1. The molecule has 8 heteroatoms. The van der Waals surface area contributed by atoms with Crippen molar-refractivity contribution in [2.24, 2.45) is 11.8 Å². The molecule has 1 saturated carbocycles. The summed E-state index contributed by atoms with van der Waals surface area (Å²) in [5, 5.41) is 18.3. The molecule has 0 aromatic heterocycles. The van der Waals surface area contributed by atoms with Crippen LogP contribution in [0.3, 0.4) is 0 Å². The standard InChI is InChI=1S/C41H54N4O4/c1-28-20-21-32(40(49)44(5)25-30-16-10-7-11-17-30)23-34(28)38(47)42-35(22-29-14-8-6-9-15-29)37(46)27-45-26-33-19-13-12-18-31(33)24-36(45)39(48)43-41(2,3)4/h6-11,14-17,20-21,23,31,33,35-37,46H,12-13,18-19,22,24-27H2,1-5H3,(H,42,47)(H,43,48)/t31?,33?,35-,36?,37-/m0/s1. The van der Waals surface area contributed by atoms with Gasteiger partial charge in [0.25, 0.3) is 11.8 Å². The van der Waals surface area contributed by atoms with Crippen LogP contribution >= 0.6 is 0 Å². The Bertz CT molecular complexity index is 1570. The van der Waals surface area contributed by atoms with Crippen molar-refractivity contribution in [2.75, 3.05) is 20.1 Å². The number of hydrogen-bond donors (Lipinski definition) is 3. The third-order valence-corrected chi connectivity index (χ3v) is 10.1. The number of hydrogen-bond acceptors (Lipinski definition) is 5. The van der Waals surface area contributed by atoms with Crippen molar-refractivity contribution >= 4 is 17.7 Å². The number of piperidine rings is 1. The molecule has 49 heavy (non-hydrogen) atoms. The number of β-amino-alcohol motifs (C(OH)–C–C–N with tert-alkyl or cyclic N) is 1. The van der Waals surface area contributed by atoms with E-state index in [1.165, 1.54) is 12.8 Å². The number of amides is 3. The lowest BCUT2D eigenvalue weighted by Crippen LogP contribution is -2.60. The minimum absolute atomic E-state index is 0.00158. The van der Waals surface area contributed by atoms with Gasteiger partial charge in [-0.2, -0.15) is 0 Å². The maximum atomic E-state index is 14.0. The van der Waals surface area contributed by atoms with Gasteiger partial charge in [0.15, 0.2) is 0 Å². The Balaban J connectivity index is 1.35. The lowest BCUT2D eigenvalue weighted by molar-refractivity contribution is -0.132. The molecule has 3 aromatic rings. The van der Waals surface area contributed by atoms with Gasteiger partial charge in [-0.25, -0.2) is 0 Å². The van der Waals surface area contributed by atoms with Crippen LogP contribution in [0.15, 0.2) is 78.9 Å². The van der Waals surface area contributed by atoms with Gasteiger partial charge in [-0.15, -0.1) is 0 Å². The number of carbonyl (C=O) groups excluding carboxylic acids is 3. The molecule has 3 unspecified atom stereocenters. The molecule has 0 radical (unpaired) electrons. The lowest BCUT2D eigenvalue weighted by atomic mass is 9.72. The van der Waals surface area contributed by atoms with Gasteiger partial charge in [-0.3, -0.25) is 19.3 Å². The summed E-state index contributed by atoms with van der Waals surface area (Å²) in [7, 11) is 1.76. The molecular weight excluding hydrogens is 612 g/mol. The van der Waals surface area contributed by atoms with Gasteiger partial charge in [-0.05, 0) is 87.6 Å². The van der Waals surface area contributed by atoms with E-state index in [2.05, 4.69) is 15.5 Å². The summed E-state index contributed by atoms with van der Waals surface area (Å²) in [4.78, 5) is 44.9. The molecule has 3 amide bonds. The number of likely N-dealkylation sites (tertiary alicyclic amines) is 1. The summed E-state index contributed by atoms with van der Waals surface area (Å²) in [5.41, 5.74) is 3.21. The summed E-state index contributed by atoms with van der Waals surface area (Å²) in [5.74, 6) is 0.504. The Morgan fingerprint density at radius 1 is 0.918 bits per heavy atom. The highest BCUT2D eigenvalue weighted by atomic mass is 16.3. The van der Waals surface area contributed by atoms with E-state index < -0.39 is 12.1 Å². The molecule has 1 heterocycles. The Labute approximate surface area is 292 Å². The second-order valence-electron chi connectivity index (χ2n) is 15.3. The fourth-order valence-corrected chi connectivity index (χ4v) is 7.54. The second kappa shape index (κ2) is 16.1. The molecule has 8 nitrogen and oxygen atoms in total. The van der Waals surface area contributed by atoms with E-state index in [1.54, 1.807) is 30.1 Å². The second-order valence-corrected chi connectivity index (χ2v) is 15.3. The fourth-order valence-electron chi connectivity index (χ4n) is 7.54. The third kappa shape index (κ3) is 9.79. The maximum Gasteiger partial charge on any atom is 0.253 e. The minimum Gasteiger partial charge on any atom is -0.390 e. The molecule has 3 N–H and O–H groups in total. The van der Waals surface area contributed by atoms with Gasteiger partial charge >= 0.3 is 0 Å². The zero-order valence-corrected chi connectivity index (χ0v) is 29.8. The van der Waals surface area contributed by atoms with Crippen LogP contribution in [0.5, 0.6) is 0 Å². The Morgan fingerprint density at radius 3 is 2.20 bits per heavy atom. The quantitative estimate of drug-likeness (QED) is 0.242. The smallest absolute Gasteiger partial charge is 0.253 e. The molecule has 0 spiro atoms. The Kier molecular flexibility index (Phi) is 11.9. The van der Waals surface area contributed by atoms with Crippen molar-refractivity contribution in [1.82, 2.24) is 20.4 Å². The van der Waals surface area contributed by atoms with E-state index in [-0.39, 0.29) is 35.8 Å². The SMILES string of the molecule is Cc1ccc(C(=O)N(C)Cc2ccccc2)cc1C(=O)N[C@@H](Cc1ccccc1)[C@@H](O)CN1CC2CCCCC2CC1C(=O)NC(C)(C)C. The number of nitrogens with zero attached hydrogens (tertiary/aromatic N) is 2. The van der Waals surface area contributed by atoms with Crippen LogP contribution in [0, 0.1) is 18.8 Å². The molecular formula is C41H54N4O4. The zero-order valence-electron chi connectivity index (χ0n) is 29.8. The Morgan fingerprint density at radius 2 is 1.55 bits per heavy atom. The highest BCUT2D eigenvalue weighted by molar-refractivity contribution is 6.00. The first-order valence-corrected chi connectivity index (χ1v) is 17.9. The number of aliphatic hydroxyl groups excluding tert-OH is 1. The number of rotatable bonds is 11. The monoisotopic (exact) mass is 666 g/mol. The highest BCUT2D eigenvalue weighted by Crippen LogP contribution is 2.39. The molecule has 262 valence electrons. The molecule has 1 aliphatic heterocycles. The van der Waals surface area contributed by atoms with Crippen molar-refractivity contribution in [2.45, 2.75) is 96.5 Å². The van der Waals surface area contributed by atoms with Crippen LogP contribution in [-0.2, 0) is 17.8 Å². The fraction of sp³-hybridized carbons (Fsp3) is 0.488. The van der Waals surface area contributed by atoms with Crippen molar-refractivity contribution in [3.8, 4) is 0 Å². The molecule has 1 saturated heterocycles. The average Bonchev–Trinajstić information content (AvgIpc) is 3.07. The van der Waals surface area contributed by atoms with Crippen molar-refractivity contribution < 1.29 is 19.5 Å². The van der Waals surface area contributed by atoms with Crippen molar-refractivity contribution in [3.05, 3.63) is 107 Å². The topological polar surface area (TPSA) is 102 Å². The Hall–Kier alpha value is -4.01. The molecule has 1 aliphatic carbocycles. The summed E-state index contributed by atoms with van der Waals surface area (Å²) < 4.78 is 0. The van der Waals surface area contributed by atoms with Gasteiger partial charge in [0, 0.05) is 43.3 Å². The van der Waals surface area contributed by atoms with Crippen LogP contribution in [0.2, 0.25) is 0 Å². The number of carbonyl (C=O) groups is 3. The molecule has 5 atom stereocenters. The van der Waals surface area contributed by atoms with E-state index in [9.17, 15) is 19.5 Å². The van der Waals surface area contributed by atoms with Crippen LogP contribution in [0.25, 0.3) is 0 Å². The van der Waals surface area contributed by atoms with E-state index in [0.29, 0.717) is 35.9 Å². The first kappa shape index (κ1) is 36.3. The van der Waals surface area contributed by atoms with Crippen molar-refractivity contribution in [1.29, 1.82) is 0 Å². The molecule has 3 aromatic carbocycles. The summed E-state index contributed by atoms with van der Waals surface area (Å²) >= 11 is 0. The number of aryl methyl sites for hydroxylation is 1. The third-order valence-electron chi connectivity index (χ3n) is 10.1. The molecule has 2 aliphatic rings. The van der Waals surface area contributed by atoms with E-state index >= 15 is 0 Å². The van der Waals surface area contributed by atoms with E-state index in [1.807, 2.05) is 88.4 Å².